The summed E-state index contributed by atoms with van der Waals surface area (Å²) in [5, 5.41) is 5.68. The van der Waals surface area contributed by atoms with E-state index in [1.165, 1.54) is 41.5 Å². The highest BCUT2D eigenvalue weighted by Gasteiger charge is 2.37. The highest BCUT2D eigenvalue weighted by atomic mass is 79.9. The van der Waals surface area contributed by atoms with Gasteiger partial charge < -0.3 is 5.32 Å². The maximum Gasteiger partial charge on any atom is 0.0345 e. The summed E-state index contributed by atoms with van der Waals surface area (Å²) in [7, 11) is 2.12. The van der Waals surface area contributed by atoms with Crippen molar-refractivity contribution in [3.05, 3.63) is 20.8 Å². The molecule has 2 fully saturated rings. The summed E-state index contributed by atoms with van der Waals surface area (Å²) < 4.78 is 1.29. The van der Waals surface area contributed by atoms with Crippen molar-refractivity contribution in [1.29, 1.82) is 0 Å². The van der Waals surface area contributed by atoms with E-state index >= 15 is 0 Å². The summed E-state index contributed by atoms with van der Waals surface area (Å²) in [5.74, 6) is 0. The average Bonchev–Trinajstić information content (AvgIpc) is 2.75. The second kappa shape index (κ2) is 5.61. The van der Waals surface area contributed by atoms with E-state index in [0.29, 0.717) is 0 Å². The van der Waals surface area contributed by atoms with Gasteiger partial charge in [0.05, 0.1) is 0 Å². The highest BCUT2D eigenvalue weighted by Crippen LogP contribution is 2.36. The Morgan fingerprint density at radius 2 is 2.11 bits per heavy atom. The lowest BCUT2D eigenvalue weighted by Gasteiger charge is -2.49. The fourth-order valence-corrected chi connectivity index (χ4v) is 5.06. The number of thiophene rings is 1. The molecule has 2 bridgehead atoms. The van der Waals surface area contributed by atoms with Crippen molar-refractivity contribution >= 4 is 27.3 Å². The van der Waals surface area contributed by atoms with Gasteiger partial charge in [-0.2, -0.15) is 0 Å². The summed E-state index contributed by atoms with van der Waals surface area (Å²) in [6.45, 7) is 1.14. The third-order valence-electron chi connectivity index (χ3n) is 4.55. The lowest BCUT2D eigenvalue weighted by Crippen LogP contribution is -2.55. The fraction of sp³-hybridized carbons (Fsp3) is 0.714. The smallest absolute Gasteiger partial charge is 0.0345 e. The standard InChI is InChI=1S/C14H21BrN2S/c1-16-10-7-11-3-2-4-12(8-10)17(11)9-14-13(15)5-6-18-14/h5-6,10-12,16H,2-4,7-9H2,1H3. The average molecular weight is 329 g/mol. The van der Waals surface area contributed by atoms with Crippen LogP contribution < -0.4 is 5.32 Å². The first-order valence-electron chi connectivity index (χ1n) is 6.93. The third-order valence-corrected chi connectivity index (χ3v) is 6.46. The lowest BCUT2D eigenvalue weighted by molar-refractivity contribution is 0.0197. The first kappa shape index (κ1) is 13.1. The van der Waals surface area contributed by atoms with Crippen LogP contribution in [0.25, 0.3) is 0 Å². The zero-order valence-electron chi connectivity index (χ0n) is 10.9. The SMILES string of the molecule is CNC1CC2CCCC(C1)N2Cc1sccc1Br. The molecular formula is C14H21BrN2S. The van der Waals surface area contributed by atoms with Gasteiger partial charge in [-0.1, -0.05) is 6.42 Å². The molecule has 2 aliphatic rings. The summed E-state index contributed by atoms with van der Waals surface area (Å²) in [5.41, 5.74) is 0. The van der Waals surface area contributed by atoms with Crippen molar-refractivity contribution in [2.45, 2.75) is 56.8 Å². The van der Waals surface area contributed by atoms with Gasteiger partial charge in [-0.25, -0.2) is 0 Å². The molecule has 1 N–H and O–H groups in total. The van der Waals surface area contributed by atoms with Gasteiger partial charge in [0.25, 0.3) is 0 Å². The van der Waals surface area contributed by atoms with Crippen LogP contribution in [0.3, 0.4) is 0 Å². The monoisotopic (exact) mass is 328 g/mol. The van der Waals surface area contributed by atoms with Gasteiger partial charge in [-0.15, -0.1) is 11.3 Å². The number of nitrogens with one attached hydrogen (secondary N) is 1. The molecule has 0 aliphatic carbocycles. The second-order valence-electron chi connectivity index (χ2n) is 5.56. The van der Waals surface area contributed by atoms with Crippen LogP contribution in [0.15, 0.2) is 15.9 Å². The van der Waals surface area contributed by atoms with E-state index in [4.69, 9.17) is 0 Å². The van der Waals surface area contributed by atoms with Gasteiger partial charge in [-0.05, 0) is 60.1 Å². The van der Waals surface area contributed by atoms with Gasteiger partial charge in [0.2, 0.25) is 0 Å². The van der Waals surface area contributed by atoms with Crippen molar-refractivity contribution in [2.75, 3.05) is 7.05 Å². The van der Waals surface area contributed by atoms with Crippen LogP contribution in [0.2, 0.25) is 0 Å². The van der Waals surface area contributed by atoms with E-state index in [1.54, 1.807) is 0 Å². The van der Waals surface area contributed by atoms with Crippen molar-refractivity contribution in [3.8, 4) is 0 Å². The van der Waals surface area contributed by atoms with Crippen LogP contribution >= 0.6 is 27.3 Å². The first-order chi connectivity index (χ1) is 8.78. The predicted molar refractivity (Wildman–Crippen MR) is 81.1 cm³/mol. The van der Waals surface area contributed by atoms with E-state index in [1.807, 2.05) is 11.3 Å². The number of hydrogen-bond acceptors (Lipinski definition) is 3. The molecule has 4 heteroatoms. The minimum Gasteiger partial charge on any atom is -0.317 e. The Hall–Kier alpha value is 0.100. The Bertz CT molecular complexity index is 392. The molecule has 3 heterocycles. The molecule has 2 atom stereocenters. The van der Waals surface area contributed by atoms with E-state index in [0.717, 1.165) is 24.7 Å². The van der Waals surface area contributed by atoms with E-state index < -0.39 is 0 Å². The van der Waals surface area contributed by atoms with Crippen molar-refractivity contribution in [1.82, 2.24) is 10.2 Å². The molecule has 1 aromatic rings. The van der Waals surface area contributed by atoms with Crippen LogP contribution in [0.4, 0.5) is 0 Å². The number of nitrogens with zero attached hydrogens (tertiary/aromatic N) is 1. The largest absolute Gasteiger partial charge is 0.317 e. The Balaban J connectivity index is 1.74. The molecule has 0 saturated carbocycles. The number of piperidine rings is 2. The molecule has 0 radical (unpaired) electrons. The predicted octanol–water partition coefficient (Wildman–Crippen LogP) is 3.62. The molecule has 1 aromatic heterocycles. The van der Waals surface area contributed by atoms with E-state index in [-0.39, 0.29) is 0 Å². The number of rotatable bonds is 3. The topological polar surface area (TPSA) is 15.3 Å². The summed E-state index contributed by atoms with van der Waals surface area (Å²) in [6.07, 6.45) is 6.86. The Labute approximate surface area is 122 Å². The second-order valence-corrected chi connectivity index (χ2v) is 7.41. The van der Waals surface area contributed by atoms with Gasteiger partial charge >= 0.3 is 0 Å². The molecule has 0 aromatic carbocycles. The molecule has 0 amide bonds. The van der Waals surface area contributed by atoms with Crippen molar-refractivity contribution < 1.29 is 0 Å². The fourth-order valence-electron chi connectivity index (χ4n) is 3.58. The Morgan fingerprint density at radius 1 is 1.39 bits per heavy atom. The number of hydrogen-bond donors (Lipinski definition) is 1. The highest BCUT2D eigenvalue weighted by molar-refractivity contribution is 9.10. The van der Waals surface area contributed by atoms with Crippen molar-refractivity contribution in [2.24, 2.45) is 0 Å². The molecule has 2 aliphatic heterocycles. The normalized spacial score (nSPS) is 32.7. The zero-order valence-corrected chi connectivity index (χ0v) is 13.3. The van der Waals surface area contributed by atoms with Gasteiger partial charge in [-0.3, -0.25) is 4.90 Å². The maximum absolute atomic E-state index is 3.67. The molecule has 2 nitrogen and oxygen atoms in total. The zero-order chi connectivity index (χ0) is 12.5. The lowest BCUT2D eigenvalue weighted by atomic mass is 9.82. The van der Waals surface area contributed by atoms with Gasteiger partial charge in [0.15, 0.2) is 0 Å². The number of fused-ring (bicyclic) bond motifs is 2. The molecule has 100 valence electrons. The molecule has 2 saturated heterocycles. The van der Waals surface area contributed by atoms with Gasteiger partial charge in [0.1, 0.15) is 0 Å². The molecule has 2 unspecified atom stereocenters. The number of halogens is 1. The maximum atomic E-state index is 3.67. The minimum atomic E-state index is 0.739. The van der Waals surface area contributed by atoms with Crippen LogP contribution in [0.1, 0.15) is 37.0 Å². The van der Waals surface area contributed by atoms with Crippen LogP contribution in [0.5, 0.6) is 0 Å². The van der Waals surface area contributed by atoms with Crippen LogP contribution in [-0.4, -0.2) is 30.1 Å². The molecule has 0 spiro atoms. The summed E-state index contributed by atoms with van der Waals surface area (Å²) >= 11 is 5.55. The minimum absolute atomic E-state index is 0.739. The summed E-state index contributed by atoms with van der Waals surface area (Å²) in [4.78, 5) is 4.27. The quantitative estimate of drug-likeness (QED) is 0.911. The van der Waals surface area contributed by atoms with E-state index in [2.05, 4.69) is 44.6 Å². The van der Waals surface area contributed by atoms with Crippen LogP contribution in [-0.2, 0) is 6.54 Å². The molecular weight excluding hydrogens is 308 g/mol. The third kappa shape index (κ3) is 2.53. The first-order valence-corrected chi connectivity index (χ1v) is 8.60. The Morgan fingerprint density at radius 3 is 2.67 bits per heavy atom. The van der Waals surface area contributed by atoms with E-state index in [9.17, 15) is 0 Å². The van der Waals surface area contributed by atoms with Crippen LogP contribution in [0, 0.1) is 0 Å². The Kier molecular flexibility index (Phi) is 4.09. The summed E-state index contributed by atoms with van der Waals surface area (Å²) in [6, 6.07) is 4.51. The van der Waals surface area contributed by atoms with Crippen molar-refractivity contribution in [3.63, 3.8) is 0 Å². The molecule has 18 heavy (non-hydrogen) atoms. The molecule has 3 rings (SSSR count). The van der Waals surface area contributed by atoms with Gasteiger partial charge in [0, 0.05) is 34.0 Å².